The van der Waals surface area contributed by atoms with Crippen molar-refractivity contribution in [3.63, 3.8) is 0 Å². The van der Waals surface area contributed by atoms with Crippen LogP contribution in [0.1, 0.15) is 25.3 Å². The molecule has 1 aromatic heterocycles. The fraction of sp³-hybridized carbons (Fsp3) is 0.227. The van der Waals surface area contributed by atoms with Crippen molar-refractivity contribution in [1.29, 1.82) is 5.26 Å². The molecule has 2 aromatic carbocycles. The van der Waals surface area contributed by atoms with Crippen molar-refractivity contribution in [3.05, 3.63) is 60.4 Å². The summed E-state index contributed by atoms with van der Waals surface area (Å²) in [7, 11) is 0. The predicted octanol–water partition coefficient (Wildman–Crippen LogP) is 5.17. The number of aromatic nitrogens is 1. The summed E-state index contributed by atoms with van der Waals surface area (Å²) in [5.41, 5.74) is 2.36. The summed E-state index contributed by atoms with van der Waals surface area (Å²) in [5, 5.41) is 11.3. The summed E-state index contributed by atoms with van der Waals surface area (Å²) >= 11 is 1.48. The van der Waals surface area contributed by atoms with E-state index in [1.807, 2.05) is 55.6 Å². The second-order valence-corrected chi connectivity index (χ2v) is 7.91. The van der Waals surface area contributed by atoms with Crippen LogP contribution in [0.5, 0.6) is 0 Å². The molecule has 0 atom stereocenters. The number of thioether (sulfide) groups is 1. The Morgan fingerprint density at radius 3 is 2.70 bits per heavy atom. The van der Waals surface area contributed by atoms with E-state index in [4.69, 9.17) is 4.74 Å². The number of fused-ring (bicyclic) bond motifs is 1. The lowest BCUT2D eigenvalue weighted by molar-refractivity contribution is -0.147. The molecule has 0 bridgehead atoms. The molecule has 0 unspecified atom stereocenters. The van der Waals surface area contributed by atoms with Crippen LogP contribution in [0.3, 0.4) is 0 Å². The summed E-state index contributed by atoms with van der Waals surface area (Å²) in [6, 6.07) is 15.9. The number of hydrogen-bond acceptors (Lipinski definition) is 5. The number of benzene rings is 2. The van der Waals surface area contributed by atoms with Crippen molar-refractivity contribution in [2.45, 2.75) is 24.7 Å². The van der Waals surface area contributed by atoms with Gasteiger partial charge in [0.25, 0.3) is 0 Å². The molecule has 27 heavy (non-hydrogen) atoms. The van der Waals surface area contributed by atoms with Gasteiger partial charge in [-0.2, -0.15) is 5.26 Å². The average Bonchev–Trinajstić information content (AvgIpc) is 3.46. The van der Waals surface area contributed by atoms with E-state index >= 15 is 0 Å². The Labute approximate surface area is 162 Å². The number of nitrogens with zero attached hydrogens (tertiary/aromatic N) is 2. The minimum atomic E-state index is -0.273. The molecule has 1 heterocycles. The Hall–Kier alpha value is -2.84. The summed E-state index contributed by atoms with van der Waals surface area (Å²) in [5.74, 6) is 0.161. The molecule has 0 saturated heterocycles. The molecule has 3 aromatic rings. The van der Waals surface area contributed by atoms with E-state index in [1.165, 1.54) is 11.8 Å². The Morgan fingerprint density at radius 1 is 1.19 bits per heavy atom. The van der Waals surface area contributed by atoms with Gasteiger partial charge in [-0.3, -0.25) is 9.78 Å². The summed E-state index contributed by atoms with van der Waals surface area (Å²) in [6.07, 6.45) is 5.38. The van der Waals surface area contributed by atoms with Crippen LogP contribution < -0.4 is 0 Å². The highest BCUT2D eigenvalue weighted by molar-refractivity contribution is 7.99. The van der Waals surface area contributed by atoms with Crippen molar-refractivity contribution >= 4 is 28.5 Å². The largest absolute Gasteiger partial charge is 0.454 e. The van der Waals surface area contributed by atoms with Gasteiger partial charge in [0.1, 0.15) is 5.94 Å². The lowest BCUT2D eigenvalue weighted by atomic mass is 9.96. The van der Waals surface area contributed by atoms with E-state index in [-0.39, 0.29) is 17.3 Å². The van der Waals surface area contributed by atoms with Crippen LogP contribution in [0.2, 0.25) is 0 Å². The van der Waals surface area contributed by atoms with Gasteiger partial charge in [-0.1, -0.05) is 42.1 Å². The molecule has 0 aliphatic heterocycles. The van der Waals surface area contributed by atoms with E-state index in [0.717, 1.165) is 39.6 Å². The number of pyridine rings is 1. The van der Waals surface area contributed by atoms with Gasteiger partial charge >= 0.3 is 5.97 Å². The van der Waals surface area contributed by atoms with Crippen LogP contribution in [0.4, 0.5) is 0 Å². The van der Waals surface area contributed by atoms with Gasteiger partial charge in [0, 0.05) is 28.2 Å². The van der Waals surface area contributed by atoms with Gasteiger partial charge in [0.15, 0.2) is 0 Å². The number of carbonyl (C=O) groups excluding carboxylic acids is 1. The number of nitriles is 1. The number of rotatable bonds is 5. The van der Waals surface area contributed by atoms with Crippen LogP contribution in [0, 0.1) is 16.7 Å². The third-order valence-electron chi connectivity index (χ3n) is 5.01. The molecule has 134 valence electrons. The van der Waals surface area contributed by atoms with Crippen molar-refractivity contribution in [3.8, 4) is 17.2 Å². The zero-order chi connectivity index (χ0) is 18.9. The fourth-order valence-corrected chi connectivity index (χ4v) is 3.82. The van der Waals surface area contributed by atoms with Gasteiger partial charge in [0.05, 0.1) is 17.0 Å². The minimum Gasteiger partial charge on any atom is -0.454 e. The van der Waals surface area contributed by atoms with Gasteiger partial charge in [0.2, 0.25) is 0 Å². The first-order valence-electron chi connectivity index (χ1n) is 8.79. The second-order valence-electron chi connectivity index (χ2n) is 6.94. The first-order chi connectivity index (χ1) is 13.1. The molecule has 0 radical (unpaired) electrons. The molecule has 0 N–H and O–H groups in total. The van der Waals surface area contributed by atoms with Crippen molar-refractivity contribution < 1.29 is 9.53 Å². The second kappa shape index (κ2) is 7.05. The number of ether oxygens (including phenoxy) is 1. The topological polar surface area (TPSA) is 63.0 Å². The normalized spacial score (nSPS) is 14.5. The average molecular weight is 374 g/mol. The first kappa shape index (κ1) is 17.6. The molecule has 1 aliphatic rings. The number of esters is 1. The lowest BCUT2D eigenvalue weighted by Gasteiger charge is -2.13. The van der Waals surface area contributed by atoms with Crippen LogP contribution >= 0.6 is 11.8 Å². The highest BCUT2D eigenvalue weighted by Gasteiger charge is 2.46. The summed E-state index contributed by atoms with van der Waals surface area (Å²) < 4.78 is 5.45. The molecule has 1 aliphatic carbocycles. The number of hydrogen-bond donors (Lipinski definition) is 0. The fourth-order valence-electron chi connectivity index (χ4n) is 3.05. The zero-order valence-corrected chi connectivity index (χ0v) is 15.8. The first-order valence-corrected chi connectivity index (χ1v) is 9.77. The van der Waals surface area contributed by atoms with Crippen LogP contribution in [-0.4, -0.2) is 16.9 Å². The molecule has 4 rings (SSSR count). The van der Waals surface area contributed by atoms with Gasteiger partial charge in [-0.25, -0.2) is 0 Å². The van der Waals surface area contributed by atoms with Gasteiger partial charge in [-0.15, -0.1) is 0 Å². The quantitative estimate of drug-likeness (QED) is 0.350. The van der Waals surface area contributed by atoms with E-state index in [2.05, 4.69) is 11.1 Å². The zero-order valence-electron chi connectivity index (χ0n) is 14.9. The maximum atomic E-state index is 12.0. The molecule has 1 fully saturated rings. The Kier molecular flexibility index (Phi) is 4.59. The Balaban J connectivity index is 1.65. The van der Waals surface area contributed by atoms with Gasteiger partial charge < -0.3 is 4.74 Å². The molecule has 5 heteroatoms. The standard InChI is InChI=1S/C22H18N2O2S/c1-22(9-10-22)21(25)26-14-27-20-8-11-24-13-19(20)18-7-6-15(12-23)16-4-2-3-5-17(16)18/h2-8,11,13H,9-10,14H2,1H3. The predicted molar refractivity (Wildman–Crippen MR) is 106 cm³/mol. The highest BCUT2D eigenvalue weighted by Crippen LogP contribution is 2.46. The van der Waals surface area contributed by atoms with Crippen LogP contribution in [0.25, 0.3) is 21.9 Å². The minimum absolute atomic E-state index is 0.116. The monoisotopic (exact) mass is 374 g/mol. The smallest absolute Gasteiger partial charge is 0.312 e. The van der Waals surface area contributed by atoms with E-state index in [1.54, 1.807) is 6.20 Å². The molecule has 0 spiro atoms. The molecular formula is C22H18N2O2S. The number of carbonyl (C=O) groups is 1. The third kappa shape index (κ3) is 3.41. The highest BCUT2D eigenvalue weighted by atomic mass is 32.2. The van der Waals surface area contributed by atoms with Crippen molar-refractivity contribution in [2.24, 2.45) is 5.41 Å². The van der Waals surface area contributed by atoms with E-state index in [0.29, 0.717) is 5.56 Å². The van der Waals surface area contributed by atoms with Crippen molar-refractivity contribution in [2.75, 3.05) is 5.94 Å². The maximum Gasteiger partial charge on any atom is 0.312 e. The third-order valence-corrected chi connectivity index (χ3v) is 5.92. The van der Waals surface area contributed by atoms with E-state index in [9.17, 15) is 10.1 Å². The molecular weight excluding hydrogens is 356 g/mol. The SMILES string of the molecule is CC1(C(=O)OCSc2ccncc2-c2ccc(C#N)c3ccccc23)CC1. The Morgan fingerprint density at radius 2 is 1.96 bits per heavy atom. The summed E-state index contributed by atoms with van der Waals surface area (Å²) in [4.78, 5) is 17.3. The molecule has 1 saturated carbocycles. The van der Waals surface area contributed by atoms with Crippen LogP contribution in [0.15, 0.2) is 59.8 Å². The lowest BCUT2D eigenvalue weighted by Crippen LogP contribution is -2.15. The summed E-state index contributed by atoms with van der Waals surface area (Å²) in [6.45, 7) is 1.95. The maximum absolute atomic E-state index is 12.0. The molecule has 0 amide bonds. The molecule has 4 nitrogen and oxygen atoms in total. The van der Waals surface area contributed by atoms with Crippen molar-refractivity contribution in [1.82, 2.24) is 4.98 Å². The van der Waals surface area contributed by atoms with Gasteiger partial charge in [-0.05, 0) is 42.8 Å². The van der Waals surface area contributed by atoms with Crippen LogP contribution in [-0.2, 0) is 9.53 Å². The van der Waals surface area contributed by atoms with E-state index < -0.39 is 0 Å². The Bertz CT molecular complexity index is 1070.